The smallest absolute Gasteiger partial charge is 0.0534 e. The number of piperazine rings is 1. The van der Waals surface area contributed by atoms with E-state index in [1.807, 2.05) is 17.9 Å². The van der Waals surface area contributed by atoms with E-state index >= 15 is 0 Å². The largest absolute Gasteiger partial charge is 0.311 e. The number of rotatable bonds is 6. The van der Waals surface area contributed by atoms with Crippen LogP contribution in [-0.4, -0.2) is 39.9 Å². The van der Waals surface area contributed by atoms with E-state index in [-0.39, 0.29) is 0 Å². The van der Waals surface area contributed by atoms with Crippen LogP contribution < -0.4 is 5.32 Å². The molecule has 1 aromatic rings. The summed E-state index contributed by atoms with van der Waals surface area (Å²) in [6.07, 6.45) is 6.64. The zero-order chi connectivity index (χ0) is 15.4. The molecule has 1 aromatic heterocycles. The summed E-state index contributed by atoms with van der Waals surface area (Å²) in [6, 6.07) is 1.25. The van der Waals surface area contributed by atoms with Crippen LogP contribution in [0.3, 0.4) is 0 Å². The predicted molar refractivity (Wildman–Crippen MR) is 88.1 cm³/mol. The molecule has 0 aliphatic carbocycles. The first kappa shape index (κ1) is 16.5. The number of hydrogen-bond acceptors (Lipinski definition) is 3. The molecule has 4 unspecified atom stereocenters. The van der Waals surface area contributed by atoms with Gasteiger partial charge >= 0.3 is 0 Å². The Labute approximate surface area is 129 Å². The summed E-state index contributed by atoms with van der Waals surface area (Å²) in [4.78, 5) is 2.68. The van der Waals surface area contributed by atoms with Gasteiger partial charge in [0.05, 0.1) is 6.20 Å². The molecule has 4 atom stereocenters. The second-order valence-electron chi connectivity index (χ2n) is 6.80. The zero-order valence-corrected chi connectivity index (χ0v) is 14.3. The number of nitrogens with zero attached hydrogens (tertiary/aromatic N) is 3. The fourth-order valence-electron chi connectivity index (χ4n) is 3.32. The highest BCUT2D eigenvalue weighted by Crippen LogP contribution is 2.23. The molecule has 2 heterocycles. The maximum absolute atomic E-state index is 4.32. The third-order valence-electron chi connectivity index (χ3n) is 5.27. The molecule has 0 bridgehead atoms. The molecule has 0 amide bonds. The molecule has 1 aliphatic rings. The molecule has 0 radical (unpaired) electrons. The standard InChI is InChI=1S/C17H32N4/c1-6-13(3)16-12-21(11-15-8-19-20(5)10-15)17(9-18-16)14(4)7-2/h8,10,13-14,16-18H,6-7,9,11-12H2,1-5H3. The van der Waals surface area contributed by atoms with E-state index in [2.05, 4.69) is 49.2 Å². The molecular formula is C17H32N4. The van der Waals surface area contributed by atoms with Gasteiger partial charge in [-0.05, 0) is 11.8 Å². The molecular weight excluding hydrogens is 260 g/mol. The van der Waals surface area contributed by atoms with Gasteiger partial charge in [-0.2, -0.15) is 5.10 Å². The van der Waals surface area contributed by atoms with Gasteiger partial charge in [-0.1, -0.05) is 40.5 Å². The molecule has 1 saturated heterocycles. The first-order chi connectivity index (χ1) is 10.0. The fourth-order valence-corrected chi connectivity index (χ4v) is 3.32. The van der Waals surface area contributed by atoms with Crippen LogP contribution in [0, 0.1) is 11.8 Å². The quantitative estimate of drug-likeness (QED) is 0.875. The van der Waals surface area contributed by atoms with E-state index < -0.39 is 0 Å². The number of aryl methyl sites for hydroxylation is 1. The van der Waals surface area contributed by atoms with Crippen molar-refractivity contribution in [3.8, 4) is 0 Å². The molecule has 0 saturated carbocycles. The monoisotopic (exact) mass is 292 g/mol. The minimum absolute atomic E-state index is 0.618. The summed E-state index contributed by atoms with van der Waals surface area (Å²) in [7, 11) is 2.00. The average Bonchev–Trinajstić information content (AvgIpc) is 2.90. The fraction of sp³-hybridized carbons (Fsp3) is 0.824. The van der Waals surface area contributed by atoms with E-state index in [0.717, 1.165) is 31.5 Å². The summed E-state index contributed by atoms with van der Waals surface area (Å²) in [5.41, 5.74) is 1.33. The Bertz CT molecular complexity index is 428. The summed E-state index contributed by atoms with van der Waals surface area (Å²) in [5.74, 6) is 1.46. The lowest BCUT2D eigenvalue weighted by Crippen LogP contribution is -2.59. The molecule has 4 heteroatoms. The van der Waals surface area contributed by atoms with E-state index in [0.29, 0.717) is 12.1 Å². The first-order valence-electron chi connectivity index (χ1n) is 8.50. The SMILES string of the molecule is CCC(C)C1CN(Cc2cnn(C)c2)C(C(C)CC)CN1. The van der Waals surface area contributed by atoms with Crippen molar-refractivity contribution < 1.29 is 0 Å². The minimum Gasteiger partial charge on any atom is -0.311 e. The van der Waals surface area contributed by atoms with Crippen molar-refractivity contribution in [1.82, 2.24) is 20.0 Å². The van der Waals surface area contributed by atoms with Gasteiger partial charge in [0, 0.05) is 50.5 Å². The van der Waals surface area contributed by atoms with Crippen molar-refractivity contribution in [2.45, 2.75) is 59.2 Å². The number of hydrogen-bond donors (Lipinski definition) is 1. The minimum atomic E-state index is 0.618. The molecule has 0 aromatic carbocycles. The molecule has 1 aliphatic heterocycles. The van der Waals surface area contributed by atoms with Gasteiger partial charge in [-0.3, -0.25) is 9.58 Å². The average molecular weight is 292 g/mol. The van der Waals surface area contributed by atoms with E-state index in [9.17, 15) is 0 Å². The van der Waals surface area contributed by atoms with Gasteiger partial charge in [-0.15, -0.1) is 0 Å². The topological polar surface area (TPSA) is 33.1 Å². The van der Waals surface area contributed by atoms with E-state index in [1.165, 1.54) is 18.4 Å². The predicted octanol–water partition coefficient (Wildman–Crippen LogP) is 2.65. The van der Waals surface area contributed by atoms with Crippen molar-refractivity contribution in [3.05, 3.63) is 18.0 Å². The van der Waals surface area contributed by atoms with Crippen LogP contribution in [0.25, 0.3) is 0 Å². The normalized spacial score (nSPS) is 26.7. The van der Waals surface area contributed by atoms with Gasteiger partial charge in [0.2, 0.25) is 0 Å². The molecule has 4 nitrogen and oxygen atoms in total. The summed E-state index contributed by atoms with van der Waals surface area (Å²) < 4.78 is 1.90. The van der Waals surface area contributed by atoms with Gasteiger partial charge < -0.3 is 5.32 Å². The van der Waals surface area contributed by atoms with E-state index in [1.54, 1.807) is 0 Å². The summed E-state index contributed by atoms with van der Waals surface area (Å²) in [5, 5.41) is 8.11. The van der Waals surface area contributed by atoms with Crippen LogP contribution in [0.5, 0.6) is 0 Å². The Morgan fingerprint density at radius 3 is 2.57 bits per heavy atom. The van der Waals surface area contributed by atoms with Crippen LogP contribution in [0.4, 0.5) is 0 Å². The van der Waals surface area contributed by atoms with E-state index in [4.69, 9.17) is 0 Å². The maximum atomic E-state index is 4.32. The van der Waals surface area contributed by atoms with Gasteiger partial charge in [0.15, 0.2) is 0 Å². The van der Waals surface area contributed by atoms with Crippen molar-refractivity contribution in [2.75, 3.05) is 13.1 Å². The molecule has 1 N–H and O–H groups in total. The molecule has 1 fully saturated rings. The molecule has 2 rings (SSSR count). The lowest BCUT2D eigenvalue weighted by molar-refractivity contribution is 0.0693. The van der Waals surface area contributed by atoms with Crippen molar-refractivity contribution in [2.24, 2.45) is 18.9 Å². The Morgan fingerprint density at radius 1 is 1.29 bits per heavy atom. The highest BCUT2D eigenvalue weighted by molar-refractivity contribution is 5.05. The second kappa shape index (κ2) is 7.41. The highest BCUT2D eigenvalue weighted by Gasteiger charge is 2.32. The van der Waals surface area contributed by atoms with Crippen molar-refractivity contribution >= 4 is 0 Å². The number of aromatic nitrogens is 2. The van der Waals surface area contributed by atoms with Crippen LogP contribution in [0.2, 0.25) is 0 Å². The first-order valence-corrected chi connectivity index (χ1v) is 8.50. The van der Waals surface area contributed by atoms with Crippen molar-refractivity contribution in [1.29, 1.82) is 0 Å². The Hall–Kier alpha value is -0.870. The molecule has 0 spiro atoms. The van der Waals surface area contributed by atoms with Gasteiger partial charge in [0.25, 0.3) is 0 Å². The summed E-state index contributed by atoms with van der Waals surface area (Å²) >= 11 is 0. The Morgan fingerprint density at radius 2 is 2.00 bits per heavy atom. The van der Waals surface area contributed by atoms with Crippen LogP contribution in [0.1, 0.15) is 46.1 Å². The zero-order valence-electron chi connectivity index (χ0n) is 14.3. The van der Waals surface area contributed by atoms with Crippen molar-refractivity contribution in [3.63, 3.8) is 0 Å². The second-order valence-corrected chi connectivity index (χ2v) is 6.80. The van der Waals surface area contributed by atoms with Crippen LogP contribution in [-0.2, 0) is 13.6 Å². The molecule has 120 valence electrons. The Kier molecular flexibility index (Phi) is 5.82. The third-order valence-corrected chi connectivity index (χ3v) is 5.27. The number of nitrogens with one attached hydrogen (secondary N) is 1. The summed E-state index contributed by atoms with van der Waals surface area (Å²) in [6.45, 7) is 12.6. The van der Waals surface area contributed by atoms with Crippen LogP contribution in [0.15, 0.2) is 12.4 Å². The lowest BCUT2D eigenvalue weighted by Gasteiger charge is -2.44. The van der Waals surface area contributed by atoms with Gasteiger partial charge in [-0.25, -0.2) is 0 Å². The Balaban J connectivity index is 2.08. The van der Waals surface area contributed by atoms with Gasteiger partial charge in [0.1, 0.15) is 0 Å². The van der Waals surface area contributed by atoms with Crippen LogP contribution >= 0.6 is 0 Å². The highest BCUT2D eigenvalue weighted by atomic mass is 15.3. The maximum Gasteiger partial charge on any atom is 0.0534 e. The molecule has 21 heavy (non-hydrogen) atoms. The lowest BCUT2D eigenvalue weighted by atomic mass is 9.90. The third kappa shape index (κ3) is 4.07.